The van der Waals surface area contributed by atoms with E-state index in [2.05, 4.69) is 15.9 Å². The van der Waals surface area contributed by atoms with Crippen molar-refractivity contribution in [3.63, 3.8) is 0 Å². The Hall–Kier alpha value is -3.96. The van der Waals surface area contributed by atoms with Crippen molar-refractivity contribution in [2.45, 2.75) is 34.7 Å². The van der Waals surface area contributed by atoms with Gasteiger partial charge in [-0.1, -0.05) is 82.3 Å². The minimum atomic E-state index is -1.34. The number of benzene rings is 4. The standard InChI is InChI=1S/C33H27BrO8S/c34-24-16-18-25(19-17-24)43-33-29(42-32(38)23-14-8-3-9-15-23)28(41-31(37)22-12-6-2-7-13-22)27(26(20-35)39-33)40-30(36)21-10-4-1-5-11-21/h1-19,26-29,33,35H,20H2/t26-,27+,28+,29-,33+/m1/s1. The van der Waals surface area contributed by atoms with Crippen LogP contribution >= 0.6 is 27.7 Å². The van der Waals surface area contributed by atoms with Crippen LogP contribution in [0.15, 0.2) is 125 Å². The highest BCUT2D eigenvalue weighted by Crippen LogP contribution is 2.38. The van der Waals surface area contributed by atoms with Crippen LogP contribution in [0.3, 0.4) is 0 Å². The number of esters is 3. The van der Waals surface area contributed by atoms with E-state index in [0.717, 1.165) is 9.37 Å². The van der Waals surface area contributed by atoms with Crippen molar-refractivity contribution in [2.24, 2.45) is 0 Å². The monoisotopic (exact) mass is 662 g/mol. The molecule has 0 spiro atoms. The number of ether oxygens (including phenoxy) is 4. The molecule has 5 atom stereocenters. The van der Waals surface area contributed by atoms with Crippen molar-refractivity contribution >= 4 is 45.6 Å². The number of thioether (sulfide) groups is 1. The molecule has 0 aliphatic carbocycles. The van der Waals surface area contributed by atoms with Gasteiger partial charge in [0.2, 0.25) is 0 Å². The maximum Gasteiger partial charge on any atom is 0.338 e. The number of carbonyl (C=O) groups is 3. The van der Waals surface area contributed by atoms with E-state index < -0.39 is 54.4 Å². The van der Waals surface area contributed by atoms with Crippen molar-refractivity contribution in [2.75, 3.05) is 6.61 Å². The summed E-state index contributed by atoms with van der Waals surface area (Å²) < 4.78 is 25.0. The van der Waals surface area contributed by atoms with Gasteiger partial charge in [-0.15, -0.1) is 0 Å². The molecule has 1 fully saturated rings. The summed E-state index contributed by atoms with van der Waals surface area (Å²) in [5.41, 5.74) is -0.194. The minimum absolute atomic E-state index is 0.243. The molecule has 0 radical (unpaired) electrons. The molecule has 220 valence electrons. The lowest BCUT2D eigenvalue weighted by atomic mass is 9.98. The summed E-state index contributed by atoms with van der Waals surface area (Å²) in [6.07, 6.45) is -5.01. The van der Waals surface area contributed by atoms with Crippen LogP contribution in [0, 0.1) is 0 Å². The van der Waals surface area contributed by atoms with Gasteiger partial charge in [0.1, 0.15) is 11.5 Å². The third kappa shape index (κ3) is 7.71. The lowest BCUT2D eigenvalue weighted by Gasteiger charge is -2.44. The van der Waals surface area contributed by atoms with Gasteiger partial charge >= 0.3 is 17.9 Å². The van der Waals surface area contributed by atoms with Gasteiger partial charge in [0, 0.05) is 9.37 Å². The van der Waals surface area contributed by atoms with E-state index in [-0.39, 0.29) is 16.7 Å². The van der Waals surface area contributed by atoms with Gasteiger partial charge in [-0.2, -0.15) is 0 Å². The van der Waals surface area contributed by atoms with Gasteiger partial charge in [0.15, 0.2) is 18.3 Å². The van der Waals surface area contributed by atoms with Crippen LogP contribution in [-0.4, -0.2) is 59.5 Å². The van der Waals surface area contributed by atoms with Crippen LogP contribution in [0.25, 0.3) is 0 Å². The molecule has 10 heteroatoms. The van der Waals surface area contributed by atoms with Crippen LogP contribution < -0.4 is 0 Å². The fraction of sp³-hybridized carbons (Fsp3) is 0.182. The van der Waals surface area contributed by atoms with E-state index in [0.29, 0.717) is 0 Å². The van der Waals surface area contributed by atoms with Crippen LogP contribution in [-0.2, 0) is 18.9 Å². The number of carbonyl (C=O) groups excluding carboxylic acids is 3. The largest absolute Gasteiger partial charge is 0.452 e. The molecule has 0 bridgehead atoms. The molecule has 0 aromatic heterocycles. The summed E-state index contributed by atoms with van der Waals surface area (Å²) >= 11 is 4.64. The molecule has 1 aliphatic heterocycles. The first-order valence-electron chi connectivity index (χ1n) is 13.4. The predicted octanol–water partition coefficient (Wildman–Crippen LogP) is 5.94. The average molecular weight is 664 g/mol. The minimum Gasteiger partial charge on any atom is -0.452 e. The topological polar surface area (TPSA) is 108 Å². The van der Waals surface area contributed by atoms with E-state index in [9.17, 15) is 19.5 Å². The molecule has 4 aromatic rings. The summed E-state index contributed by atoms with van der Waals surface area (Å²) in [6.45, 7) is -0.567. The van der Waals surface area contributed by atoms with Crippen molar-refractivity contribution in [1.82, 2.24) is 0 Å². The second-order valence-electron chi connectivity index (χ2n) is 9.51. The molecule has 1 N–H and O–H groups in total. The molecule has 0 amide bonds. The van der Waals surface area contributed by atoms with Gasteiger partial charge in [0.05, 0.1) is 23.3 Å². The molecule has 0 saturated carbocycles. The Balaban J connectivity index is 1.54. The number of aliphatic hydroxyl groups excluding tert-OH is 1. The van der Waals surface area contributed by atoms with Gasteiger partial charge in [-0.3, -0.25) is 0 Å². The Bertz CT molecular complexity index is 1520. The highest BCUT2D eigenvalue weighted by molar-refractivity contribution is 9.10. The fourth-order valence-electron chi connectivity index (χ4n) is 4.47. The smallest absolute Gasteiger partial charge is 0.338 e. The number of hydrogen-bond donors (Lipinski definition) is 1. The number of hydrogen-bond acceptors (Lipinski definition) is 9. The lowest BCUT2D eigenvalue weighted by molar-refractivity contribution is -0.207. The highest BCUT2D eigenvalue weighted by atomic mass is 79.9. The van der Waals surface area contributed by atoms with Gasteiger partial charge in [0.25, 0.3) is 0 Å². The van der Waals surface area contributed by atoms with Crippen LogP contribution in [0.4, 0.5) is 0 Å². The van der Waals surface area contributed by atoms with Gasteiger partial charge in [-0.05, 0) is 60.7 Å². The molecule has 4 aromatic carbocycles. The molecule has 5 rings (SSSR count). The van der Waals surface area contributed by atoms with Crippen molar-refractivity contribution in [3.8, 4) is 0 Å². The summed E-state index contributed by atoms with van der Waals surface area (Å²) in [4.78, 5) is 40.7. The molecule has 0 unspecified atom stereocenters. The maximum absolute atomic E-state index is 13.4. The highest BCUT2D eigenvalue weighted by Gasteiger charge is 2.52. The zero-order valence-electron chi connectivity index (χ0n) is 22.7. The van der Waals surface area contributed by atoms with E-state index in [1.54, 1.807) is 91.0 Å². The Morgan fingerprint density at radius 2 is 1.05 bits per heavy atom. The fourth-order valence-corrected chi connectivity index (χ4v) is 5.84. The maximum atomic E-state index is 13.4. The number of halogens is 1. The molecule has 8 nitrogen and oxygen atoms in total. The van der Waals surface area contributed by atoms with Crippen LogP contribution in [0.1, 0.15) is 31.1 Å². The molecular weight excluding hydrogens is 636 g/mol. The van der Waals surface area contributed by atoms with Crippen molar-refractivity contribution in [1.29, 1.82) is 0 Å². The second-order valence-corrected chi connectivity index (χ2v) is 11.6. The number of rotatable bonds is 9. The predicted molar refractivity (Wildman–Crippen MR) is 163 cm³/mol. The van der Waals surface area contributed by atoms with Crippen LogP contribution in [0.5, 0.6) is 0 Å². The number of aliphatic hydroxyl groups is 1. The average Bonchev–Trinajstić information content (AvgIpc) is 3.05. The van der Waals surface area contributed by atoms with E-state index in [4.69, 9.17) is 18.9 Å². The lowest BCUT2D eigenvalue weighted by Crippen LogP contribution is -2.61. The Morgan fingerprint density at radius 3 is 1.49 bits per heavy atom. The quantitative estimate of drug-likeness (QED) is 0.172. The normalized spacial score (nSPS) is 21.4. The third-order valence-corrected chi connectivity index (χ3v) is 8.28. The second kappa shape index (κ2) is 14.5. The SMILES string of the molecule is O=C(O[C@H]1[C@@H](OC(=O)c2ccccc2)[C@@H](CO)O[C@@H](Sc2ccc(Br)cc2)[C@@H]1OC(=O)c1ccccc1)c1ccccc1. The van der Waals surface area contributed by atoms with Gasteiger partial charge in [-0.25, -0.2) is 14.4 Å². The zero-order valence-corrected chi connectivity index (χ0v) is 25.1. The summed E-state index contributed by atoms with van der Waals surface area (Å²) in [5, 5.41) is 10.4. The van der Waals surface area contributed by atoms with E-state index in [1.165, 1.54) is 11.8 Å². The van der Waals surface area contributed by atoms with E-state index in [1.807, 2.05) is 24.3 Å². The van der Waals surface area contributed by atoms with E-state index >= 15 is 0 Å². The van der Waals surface area contributed by atoms with Crippen LogP contribution in [0.2, 0.25) is 0 Å². The summed E-state index contributed by atoms with van der Waals surface area (Å²) in [7, 11) is 0. The first-order valence-corrected chi connectivity index (χ1v) is 15.1. The van der Waals surface area contributed by atoms with Gasteiger partial charge < -0.3 is 24.1 Å². The summed E-state index contributed by atoms with van der Waals surface area (Å²) in [6, 6.07) is 32.3. The molecule has 43 heavy (non-hydrogen) atoms. The van der Waals surface area contributed by atoms with Crippen molar-refractivity contribution < 1.29 is 38.4 Å². The first-order chi connectivity index (χ1) is 20.9. The Labute approximate surface area is 261 Å². The molecule has 1 saturated heterocycles. The summed E-state index contributed by atoms with van der Waals surface area (Å²) in [5.74, 6) is -2.13. The Morgan fingerprint density at radius 1 is 0.628 bits per heavy atom. The Kier molecular flexibility index (Phi) is 10.3. The zero-order chi connectivity index (χ0) is 30.2. The molecule has 1 heterocycles. The van der Waals surface area contributed by atoms with Crippen molar-refractivity contribution in [3.05, 3.63) is 136 Å². The first kappa shape index (κ1) is 30.5. The molecule has 1 aliphatic rings. The molecular formula is C33H27BrO8S. The third-order valence-electron chi connectivity index (χ3n) is 6.59.